The molecule has 0 spiro atoms. The molecule has 0 amide bonds. The minimum atomic E-state index is -0.251. The molecule has 3 heteroatoms. The van der Waals surface area contributed by atoms with E-state index in [1.807, 2.05) is 0 Å². The minimum absolute atomic E-state index is 0.192. The third-order valence-electron chi connectivity index (χ3n) is 5.57. The molecule has 5 rings (SSSR count). The van der Waals surface area contributed by atoms with E-state index >= 15 is 0 Å². The lowest BCUT2D eigenvalue weighted by Gasteiger charge is -2.32. The van der Waals surface area contributed by atoms with Crippen LogP contribution in [0.3, 0.4) is 0 Å². The lowest BCUT2D eigenvalue weighted by molar-refractivity contribution is 0.00578. The summed E-state index contributed by atoms with van der Waals surface area (Å²) in [7, 11) is -0.192. The second kappa shape index (κ2) is 3.45. The van der Waals surface area contributed by atoms with E-state index in [9.17, 15) is 0 Å². The Bertz CT molecular complexity index is 479. The summed E-state index contributed by atoms with van der Waals surface area (Å²) in [4.78, 5) is 0. The molecule has 4 bridgehead atoms. The van der Waals surface area contributed by atoms with Gasteiger partial charge in [0.15, 0.2) is 0 Å². The van der Waals surface area contributed by atoms with E-state index in [0.29, 0.717) is 11.8 Å². The molecule has 0 aromatic heterocycles. The van der Waals surface area contributed by atoms with Crippen molar-refractivity contribution in [2.45, 2.75) is 38.9 Å². The van der Waals surface area contributed by atoms with Crippen molar-refractivity contribution in [3.8, 4) is 0 Å². The fraction of sp³-hybridized carbons (Fsp3) is 0.625. The topological polar surface area (TPSA) is 18.5 Å². The first-order chi connectivity index (χ1) is 8.89. The minimum Gasteiger partial charge on any atom is -0.400 e. The van der Waals surface area contributed by atoms with Gasteiger partial charge in [0, 0.05) is 5.92 Å². The van der Waals surface area contributed by atoms with E-state index in [1.54, 1.807) is 0 Å². The van der Waals surface area contributed by atoms with Crippen LogP contribution in [0.4, 0.5) is 0 Å². The number of rotatable bonds is 1. The monoisotopic (exact) mass is 256 g/mol. The van der Waals surface area contributed by atoms with Gasteiger partial charge in [0.25, 0.3) is 0 Å². The van der Waals surface area contributed by atoms with Gasteiger partial charge in [-0.15, -0.1) is 0 Å². The molecular formula is C16H21BO2. The lowest BCUT2D eigenvalue weighted by Crippen LogP contribution is -2.41. The summed E-state index contributed by atoms with van der Waals surface area (Å²) >= 11 is 0. The molecule has 2 fully saturated rings. The highest BCUT2D eigenvalue weighted by molar-refractivity contribution is 6.55. The zero-order valence-electron chi connectivity index (χ0n) is 12.1. The Balaban J connectivity index is 1.68. The molecule has 19 heavy (non-hydrogen) atoms. The molecule has 0 N–H and O–H groups in total. The molecule has 2 nitrogen and oxygen atoms in total. The van der Waals surface area contributed by atoms with Crippen molar-refractivity contribution >= 4 is 7.12 Å². The van der Waals surface area contributed by atoms with Crippen LogP contribution in [-0.4, -0.2) is 18.3 Å². The predicted octanol–water partition coefficient (Wildman–Crippen LogP) is 3.16. The van der Waals surface area contributed by atoms with Gasteiger partial charge in [-0.05, 0) is 50.9 Å². The Morgan fingerprint density at radius 3 is 1.89 bits per heavy atom. The second-order valence-corrected chi connectivity index (χ2v) is 7.28. The van der Waals surface area contributed by atoms with Gasteiger partial charge in [-0.2, -0.15) is 0 Å². The molecule has 0 aromatic rings. The van der Waals surface area contributed by atoms with Crippen LogP contribution in [0.1, 0.15) is 27.7 Å². The Labute approximate surface area is 115 Å². The second-order valence-electron chi connectivity index (χ2n) is 7.28. The molecule has 1 saturated heterocycles. The predicted molar refractivity (Wildman–Crippen MR) is 76.4 cm³/mol. The molecule has 4 aliphatic carbocycles. The molecule has 0 aromatic carbocycles. The molecular weight excluding hydrogens is 235 g/mol. The van der Waals surface area contributed by atoms with Gasteiger partial charge in [-0.25, -0.2) is 0 Å². The summed E-state index contributed by atoms with van der Waals surface area (Å²) in [6, 6.07) is 0. The van der Waals surface area contributed by atoms with Crippen molar-refractivity contribution in [2.75, 3.05) is 0 Å². The summed E-state index contributed by atoms with van der Waals surface area (Å²) < 4.78 is 12.4. The van der Waals surface area contributed by atoms with Crippen LogP contribution in [0, 0.1) is 23.7 Å². The first-order valence-corrected chi connectivity index (χ1v) is 7.33. The normalized spacial score (nSPS) is 44.0. The average molecular weight is 256 g/mol. The Hall–Kier alpha value is -0.795. The molecule has 1 aliphatic heterocycles. The molecule has 2 unspecified atom stereocenters. The Morgan fingerprint density at radius 2 is 1.37 bits per heavy atom. The van der Waals surface area contributed by atoms with E-state index in [0.717, 1.165) is 11.8 Å². The van der Waals surface area contributed by atoms with Crippen LogP contribution in [0.5, 0.6) is 0 Å². The molecule has 1 saturated carbocycles. The highest BCUT2D eigenvalue weighted by Gasteiger charge is 2.55. The van der Waals surface area contributed by atoms with E-state index in [2.05, 4.69) is 58.1 Å². The van der Waals surface area contributed by atoms with Gasteiger partial charge in [-0.3, -0.25) is 0 Å². The number of allylic oxidation sites excluding steroid dienone is 6. The zero-order chi connectivity index (χ0) is 13.4. The molecule has 1 heterocycles. The fourth-order valence-electron chi connectivity index (χ4n) is 3.45. The Morgan fingerprint density at radius 1 is 0.842 bits per heavy atom. The summed E-state index contributed by atoms with van der Waals surface area (Å²) in [5.41, 5.74) is 0.803. The van der Waals surface area contributed by atoms with E-state index in [1.165, 1.54) is 5.47 Å². The maximum Gasteiger partial charge on any atom is 0.491 e. The van der Waals surface area contributed by atoms with Gasteiger partial charge in [-0.1, -0.05) is 30.4 Å². The summed E-state index contributed by atoms with van der Waals surface area (Å²) in [5.74, 6) is 2.48. The molecule has 100 valence electrons. The maximum absolute atomic E-state index is 6.22. The van der Waals surface area contributed by atoms with Crippen molar-refractivity contribution in [3.05, 3.63) is 35.9 Å². The van der Waals surface area contributed by atoms with Gasteiger partial charge in [0.1, 0.15) is 0 Å². The zero-order valence-corrected chi connectivity index (χ0v) is 12.1. The van der Waals surface area contributed by atoms with Crippen molar-refractivity contribution in [2.24, 2.45) is 23.7 Å². The fourth-order valence-corrected chi connectivity index (χ4v) is 3.45. The van der Waals surface area contributed by atoms with E-state index in [-0.39, 0.29) is 18.3 Å². The van der Waals surface area contributed by atoms with Gasteiger partial charge >= 0.3 is 7.12 Å². The summed E-state index contributed by atoms with van der Waals surface area (Å²) in [5, 5.41) is 0. The van der Waals surface area contributed by atoms with E-state index < -0.39 is 0 Å². The SMILES string of the molecule is CC1(C)OB(C2=CC3[C@H]4C=CC2C=C[C@@H]34)OC1(C)C. The highest BCUT2D eigenvalue weighted by Crippen LogP contribution is 2.55. The van der Waals surface area contributed by atoms with Gasteiger partial charge in [0.05, 0.1) is 11.2 Å². The maximum atomic E-state index is 6.22. The van der Waals surface area contributed by atoms with Crippen molar-refractivity contribution < 1.29 is 9.31 Å². The van der Waals surface area contributed by atoms with Crippen LogP contribution >= 0.6 is 0 Å². The van der Waals surface area contributed by atoms with Gasteiger partial charge < -0.3 is 9.31 Å². The Kier molecular flexibility index (Phi) is 2.17. The summed E-state index contributed by atoms with van der Waals surface area (Å²) in [6.45, 7) is 8.47. The number of hydrogen-bond donors (Lipinski definition) is 0. The lowest BCUT2D eigenvalue weighted by atomic mass is 9.70. The third kappa shape index (κ3) is 1.58. The summed E-state index contributed by atoms with van der Waals surface area (Å²) in [6.07, 6.45) is 11.8. The number of hydrogen-bond acceptors (Lipinski definition) is 2. The largest absolute Gasteiger partial charge is 0.491 e. The molecule has 5 aliphatic rings. The first-order valence-electron chi connectivity index (χ1n) is 7.33. The molecule has 0 radical (unpaired) electrons. The van der Waals surface area contributed by atoms with E-state index in [4.69, 9.17) is 9.31 Å². The standard InChI is InChI=1S/C16H21BO2/c1-15(2)16(3,4)19-17(18-15)14-9-13-11-7-5-10(14)6-8-12(11)13/h5-13H,1-4H3/t10?,11-,12+,13?. The highest BCUT2D eigenvalue weighted by atomic mass is 16.7. The quantitative estimate of drug-likeness (QED) is 0.530. The third-order valence-corrected chi connectivity index (χ3v) is 5.57. The van der Waals surface area contributed by atoms with Crippen molar-refractivity contribution in [1.29, 1.82) is 0 Å². The smallest absolute Gasteiger partial charge is 0.400 e. The van der Waals surface area contributed by atoms with Crippen LogP contribution < -0.4 is 0 Å². The van der Waals surface area contributed by atoms with Crippen LogP contribution in [-0.2, 0) is 9.31 Å². The van der Waals surface area contributed by atoms with Crippen molar-refractivity contribution in [3.63, 3.8) is 0 Å². The first kappa shape index (κ1) is 12.0. The van der Waals surface area contributed by atoms with Crippen LogP contribution in [0.15, 0.2) is 35.9 Å². The van der Waals surface area contributed by atoms with Crippen LogP contribution in [0.2, 0.25) is 0 Å². The van der Waals surface area contributed by atoms with Gasteiger partial charge in [0.2, 0.25) is 0 Å². The van der Waals surface area contributed by atoms with Crippen molar-refractivity contribution in [1.82, 2.24) is 0 Å². The average Bonchev–Trinajstić information content (AvgIpc) is 3.00. The van der Waals surface area contributed by atoms with Crippen LogP contribution in [0.25, 0.3) is 0 Å². The molecule has 4 atom stereocenters.